The lowest BCUT2D eigenvalue weighted by Gasteiger charge is -2.37. The van der Waals surface area contributed by atoms with Crippen molar-refractivity contribution in [2.24, 2.45) is 10.8 Å². The highest BCUT2D eigenvalue weighted by atomic mass is 16.5. The number of hydrogen-bond acceptors (Lipinski definition) is 8. The highest BCUT2D eigenvalue weighted by Gasteiger charge is 2.39. The van der Waals surface area contributed by atoms with Gasteiger partial charge in [-0.3, -0.25) is 9.59 Å². The quantitative estimate of drug-likeness (QED) is 0.162. The zero-order valence-corrected chi connectivity index (χ0v) is 37.6. The maximum atomic E-state index is 13.4. The summed E-state index contributed by atoms with van der Waals surface area (Å²) < 4.78 is 10.3. The molecular weight excluding hydrogens is 745 g/mol. The molecule has 316 valence electrons. The monoisotopic (exact) mass is 808 g/mol. The number of nitrogens with zero attached hydrogens (tertiary/aromatic N) is 2. The number of carbonyl (C=O) groups is 2. The SMILES string of the molecule is COc1ccc(NC2CC(C)(C)C(C=CC(C)=CC=CC(C)=CC=CC=C(C)C=CC=C(C)C=CC3=C(C)C(=O)C(Nc4ccc(OC)nc4)CC3(C)C)=C(C)C2=O)cn1. The van der Waals surface area contributed by atoms with E-state index in [2.05, 4.69) is 137 Å². The average Bonchev–Trinajstić information content (AvgIpc) is 3.20. The van der Waals surface area contributed by atoms with Crippen molar-refractivity contribution >= 4 is 22.9 Å². The number of pyridine rings is 2. The van der Waals surface area contributed by atoms with Crippen LogP contribution in [-0.2, 0) is 9.59 Å². The highest BCUT2D eigenvalue weighted by Crippen LogP contribution is 2.42. The van der Waals surface area contributed by atoms with Crippen molar-refractivity contribution in [3.8, 4) is 11.8 Å². The molecule has 4 rings (SSSR count). The number of methoxy groups -OCH3 is 2. The van der Waals surface area contributed by atoms with Gasteiger partial charge in [0.1, 0.15) is 0 Å². The van der Waals surface area contributed by atoms with Crippen molar-refractivity contribution in [1.82, 2.24) is 9.97 Å². The van der Waals surface area contributed by atoms with Crippen molar-refractivity contribution in [3.63, 3.8) is 0 Å². The molecule has 0 saturated carbocycles. The first-order chi connectivity index (χ1) is 28.4. The first kappa shape index (κ1) is 46.7. The van der Waals surface area contributed by atoms with Crippen LogP contribution in [0.1, 0.15) is 82.1 Å². The van der Waals surface area contributed by atoms with E-state index in [4.69, 9.17) is 9.47 Å². The summed E-state index contributed by atoms with van der Waals surface area (Å²) in [6.07, 6.45) is 33.8. The van der Waals surface area contributed by atoms with Gasteiger partial charge in [0, 0.05) is 12.1 Å². The minimum Gasteiger partial charge on any atom is -0.481 e. The molecule has 0 aromatic carbocycles. The van der Waals surface area contributed by atoms with Crippen LogP contribution >= 0.6 is 0 Å². The summed E-state index contributed by atoms with van der Waals surface area (Å²) in [5.41, 5.74) is 9.38. The topological polar surface area (TPSA) is 102 Å². The van der Waals surface area contributed by atoms with Gasteiger partial charge in [-0.05, 0) is 99.6 Å². The Morgan fingerprint density at radius 2 is 0.933 bits per heavy atom. The van der Waals surface area contributed by atoms with Gasteiger partial charge in [0.15, 0.2) is 11.6 Å². The predicted molar refractivity (Wildman–Crippen MR) is 249 cm³/mol. The molecule has 60 heavy (non-hydrogen) atoms. The molecule has 0 radical (unpaired) electrons. The van der Waals surface area contributed by atoms with Gasteiger partial charge in [-0.25, -0.2) is 9.97 Å². The third-order valence-electron chi connectivity index (χ3n) is 10.9. The Bertz CT molecular complexity index is 2060. The van der Waals surface area contributed by atoms with Crippen LogP contribution < -0.4 is 20.1 Å². The zero-order valence-electron chi connectivity index (χ0n) is 37.6. The molecule has 2 aliphatic carbocycles. The van der Waals surface area contributed by atoms with Crippen LogP contribution in [0, 0.1) is 10.8 Å². The lowest BCUT2D eigenvalue weighted by Crippen LogP contribution is -2.40. The highest BCUT2D eigenvalue weighted by molar-refractivity contribution is 6.03. The Kier molecular flexibility index (Phi) is 16.6. The van der Waals surface area contributed by atoms with Crippen molar-refractivity contribution < 1.29 is 19.1 Å². The van der Waals surface area contributed by atoms with E-state index in [9.17, 15) is 9.59 Å². The molecule has 8 heteroatoms. The Morgan fingerprint density at radius 3 is 1.27 bits per heavy atom. The van der Waals surface area contributed by atoms with Crippen LogP contribution in [0.25, 0.3) is 0 Å². The van der Waals surface area contributed by atoms with E-state index in [0.717, 1.165) is 56.0 Å². The van der Waals surface area contributed by atoms with E-state index < -0.39 is 0 Å². The van der Waals surface area contributed by atoms with Crippen LogP contribution in [0.2, 0.25) is 0 Å². The standard InChI is InChI=1S/C52H64N4O4/c1-35(19-15-21-37(3)23-27-43-39(5)49(57)45(31-51(43,7)8)55-41-25-29-47(59-11)53-33-41)17-13-14-18-36(2)20-16-22-38(4)24-28-44-40(6)50(58)46(32-52(44,9)10)56-42-26-30-48(60-12)54-34-42/h13-30,33-34,45-46,55-56H,31-32H2,1-12H3. The minimum atomic E-state index is -0.312. The molecule has 2 atom stereocenters. The van der Waals surface area contributed by atoms with Gasteiger partial charge < -0.3 is 20.1 Å². The molecule has 2 aromatic rings. The number of hydrogen-bond donors (Lipinski definition) is 2. The number of aromatic nitrogens is 2. The number of rotatable bonds is 16. The number of ketones is 2. The number of anilines is 2. The number of Topliss-reactive ketones (excluding diaryl/α,β-unsaturated/α-hetero) is 2. The predicted octanol–water partition coefficient (Wildman–Crippen LogP) is 12.0. The minimum absolute atomic E-state index is 0.108. The van der Waals surface area contributed by atoms with Crippen molar-refractivity contribution in [2.75, 3.05) is 24.9 Å². The Morgan fingerprint density at radius 1 is 0.583 bits per heavy atom. The molecule has 0 saturated heterocycles. The second-order valence-electron chi connectivity index (χ2n) is 17.0. The Balaban J connectivity index is 1.28. The Hall–Kier alpha value is -6.02. The molecule has 2 aromatic heterocycles. The molecule has 0 bridgehead atoms. The largest absolute Gasteiger partial charge is 0.481 e. The molecule has 2 N–H and O–H groups in total. The van der Waals surface area contributed by atoms with E-state index >= 15 is 0 Å². The van der Waals surface area contributed by atoms with E-state index in [1.807, 2.05) is 50.3 Å². The summed E-state index contributed by atoms with van der Waals surface area (Å²) in [6, 6.07) is 6.72. The van der Waals surface area contributed by atoms with Crippen LogP contribution in [0.15, 0.2) is 166 Å². The fourth-order valence-corrected chi connectivity index (χ4v) is 7.51. The normalized spacial score (nSPS) is 20.8. The maximum absolute atomic E-state index is 13.4. The molecule has 0 fully saturated rings. The van der Waals surface area contributed by atoms with Crippen molar-refractivity contribution in [3.05, 3.63) is 166 Å². The first-order valence-corrected chi connectivity index (χ1v) is 20.6. The summed E-state index contributed by atoms with van der Waals surface area (Å²) in [4.78, 5) is 35.2. The molecule has 2 aliphatic rings. The fourth-order valence-electron chi connectivity index (χ4n) is 7.51. The third-order valence-corrected chi connectivity index (χ3v) is 10.9. The van der Waals surface area contributed by atoms with E-state index in [-0.39, 0.29) is 34.5 Å². The smallest absolute Gasteiger partial charge is 0.213 e. The number of nitrogens with one attached hydrogen (secondary N) is 2. The molecular formula is C52H64N4O4. The summed E-state index contributed by atoms with van der Waals surface area (Å²) in [7, 11) is 3.17. The zero-order chi connectivity index (χ0) is 44.0. The van der Waals surface area contributed by atoms with Crippen LogP contribution in [0.3, 0.4) is 0 Å². The number of ether oxygens (including phenoxy) is 2. The lowest BCUT2D eigenvalue weighted by molar-refractivity contribution is -0.118. The third kappa shape index (κ3) is 13.2. The van der Waals surface area contributed by atoms with Crippen LogP contribution in [0.4, 0.5) is 11.4 Å². The van der Waals surface area contributed by atoms with Gasteiger partial charge in [0.05, 0.1) is 50.1 Å². The second-order valence-corrected chi connectivity index (χ2v) is 17.0. The van der Waals surface area contributed by atoms with E-state index in [1.54, 1.807) is 38.7 Å². The summed E-state index contributed by atoms with van der Waals surface area (Å²) in [5, 5.41) is 6.74. The maximum Gasteiger partial charge on any atom is 0.213 e. The summed E-state index contributed by atoms with van der Waals surface area (Å²) in [5.74, 6) is 1.29. The van der Waals surface area contributed by atoms with Gasteiger partial charge in [-0.2, -0.15) is 0 Å². The second kappa shape index (κ2) is 21.3. The van der Waals surface area contributed by atoms with Crippen LogP contribution in [-0.4, -0.2) is 47.8 Å². The van der Waals surface area contributed by atoms with Gasteiger partial charge in [0.25, 0.3) is 0 Å². The van der Waals surface area contributed by atoms with Gasteiger partial charge >= 0.3 is 0 Å². The molecule has 2 unspecified atom stereocenters. The molecule has 0 aliphatic heterocycles. The average molecular weight is 809 g/mol. The summed E-state index contributed by atoms with van der Waals surface area (Å²) in [6.45, 7) is 20.9. The van der Waals surface area contributed by atoms with Gasteiger partial charge in [-0.1, -0.05) is 135 Å². The van der Waals surface area contributed by atoms with E-state index in [0.29, 0.717) is 24.6 Å². The lowest BCUT2D eigenvalue weighted by atomic mass is 9.70. The van der Waals surface area contributed by atoms with Crippen LogP contribution in [0.5, 0.6) is 11.8 Å². The van der Waals surface area contributed by atoms with Gasteiger partial charge in [-0.15, -0.1) is 0 Å². The fraction of sp³-hybridized carbons (Fsp3) is 0.346. The van der Waals surface area contributed by atoms with Gasteiger partial charge in [0.2, 0.25) is 11.8 Å². The summed E-state index contributed by atoms with van der Waals surface area (Å²) >= 11 is 0. The number of allylic oxidation sites excluding steroid dienone is 20. The van der Waals surface area contributed by atoms with Crippen molar-refractivity contribution in [2.45, 2.75) is 94.2 Å². The molecule has 2 heterocycles. The molecule has 8 nitrogen and oxygen atoms in total. The first-order valence-electron chi connectivity index (χ1n) is 20.6. The molecule has 0 spiro atoms. The van der Waals surface area contributed by atoms with Crippen molar-refractivity contribution in [1.29, 1.82) is 0 Å². The molecule has 0 amide bonds. The number of carbonyl (C=O) groups excluding carboxylic acids is 2. The Labute approximate surface area is 358 Å². The van der Waals surface area contributed by atoms with E-state index in [1.165, 1.54) is 0 Å².